The lowest BCUT2D eigenvalue weighted by molar-refractivity contribution is 0.484. The molecule has 1 aliphatic rings. The third-order valence-electron chi connectivity index (χ3n) is 6.64. The SMILES string of the molecule is c1ccc(-c2nc3cccc(NCC4CNCCNCCCNCCN4)c3nc2-c2ccccc2)cc1. The highest BCUT2D eigenvalue weighted by molar-refractivity contribution is 5.93. The largest absolute Gasteiger partial charge is 0.382 e. The van der Waals surface area contributed by atoms with Crippen molar-refractivity contribution in [1.82, 2.24) is 31.2 Å². The third kappa shape index (κ3) is 6.90. The fourth-order valence-electron chi connectivity index (χ4n) is 4.67. The summed E-state index contributed by atoms with van der Waals surface area (Å²) in [5.41, 5.74) is 6.72. The van der Waals surface area contributed by atoms with Gasteiger partial charge in [-0.05, 0) is 31.6 Å². The van der Waals surface area contributed by atoms with Crippen LogP contribution >= 0.6 is 0 Å². The van der Waals surface area contributed by atoms with Crippen molar-refractivity contribution in [2.24, 2.45) is 0 Å². The minimum Gasteiger partial charge on any atom is -0.382 e. The number of benzene rings is 3. The molecule has 37 heavy (non-hydrogen) atoms. The van der Waals surface area contributed by atoms with Crippen LogP contribution in [0.2, 0.25) is 0 Å². The Bertz CT molecular complexity index is 1230. The molecule has 7 nitrogen and oxygen atoms in total. The van der Waals surface area contributed by atoms with Crippen molar-refractivity contribution in [1.29, 1.82) is 0 Å². The molecular weight excluding hydrogens is 458 g/mol. The first-order chi connectivity index (χ1) is 18.4. The smallest absolute Gasteiger partial charge is 0.113 e. The molecule has 0 spiro atoms. The van der Waals surface area contributed by atoms with Gasteiger partial charge in [0.25, 0.3) is 0 Å². The molecule has 0 bridgehead atoms. The van der Waals surface area contributed by atoms with Crippen molar-refractivity contribution in [2.75, 3.05) is 57.7 Å². The second-order valence-electron chi connectivity index (χ2n) is 9.42. The fraction of sp³-hybridized carbons (Fsp3) is 0.333. The van der Waals surface area contributed by atoms with Crippen LogP contribution in [0.3, 0.4) is 0 Å². The maximum atomic E-state index is 5.20. The van der Waals surface area contributed by atoms with E-state index in [2.05, 4.69) is 75.1 Å². The molecule has 1 atom stereocenters. The van der Waals surface area contributed by atoms with Gasteiger partial charge in [-0.3, -0.25) is 0 Å². The summed E-state index contributed by atoms with van der Waals surface area (Å²) in [6.45, 7) is 7.68. The second-order valence-corrected chi connectivity index (χ2v) is 9.42. The molecule has 1 saturated heterocycles. The van der Waals surface area contributed by atoms with E-state index in [0.29, 0.717) is 6.04 Å². The summed E-state index contributed by atoms with van der Waals surface area (Å²) in [7, 11) is 0. The van der Waals surface area contributed by atoms with E-state index in [-0.39, 0.29) is 0 Å². The van der Waals surface area contributed by atoms with Gasteiger partial charge in [-0.1, -0.05) is 66.7 Å². The van der Waals surface area contributed by atoms with Gasteiger partial charge in [0, 0.05) is 56.4 Å². The lowest BCUT2D eigenvalue weighted by Gasteiger charge is -2.21. The molecule has 1 aliphatic heterocycles. The zero-order valence-corrected chi connectivity index (χ0v) is 21.3. The zero-order chi connectivity index (χ0) is 25.1. The van der Waals surface area contributed by atoms with Crippen LogP contribution < -0.4 is 26.6 Å². The van der Waals surface area contributed by atoms with Crippen LogP contribution in [-0.4, -0.2) is 68.4 Å². The highest BCUT2D eigenvalue weighted by Crippen LogP contribution is 2.32. The molecule has 0 radical (unpaired) electrons. The first kappa shape index (κ1) is 25.3. The monoisotopic (exact) mass is 495 g/mol. The van der Waals surface area contributed by atoms with E-state index in [1.54, 1.807) is 0 Å². The van der Waals surface area contributed by atoms with Gasteiger partial charge in [0.1, 0.15) is 5.52 Å². The topological polar surface area (TPSA) is 85.9 Å². The van der Waals surface area contributed by atoms with Crippen molar-refractivity contribution in [3.8, 4) is 22.5 Å². The number of hydrogen-bond donors (Lipinski definition) is 5. The first-order valence-corrected chi connectivity index (χ1v) is 13.4. The van der Waals surface area contributed by atoms with Crippen LogP contribution in [0.25, 0.3) is 33.5 Å². The number of fused-ring (bicyclic) bond motifs is 1. The Kier molecular flexibility index (Phi) is 9.07. The Morgan fingerprint density at radius 3 is 2.03 bits per heavy atom. The van der Waals surface area contributed by atoms with Crippen molar-refractivity contribution < 1.29 is 0 Å². The van der Waals surface area contributed by atoms with Crippen LogP contribution in [-0.2, 0) is 0 Å². The lowest BCUT2D eigenvalue weighted by Crippen LogP contribution is -2.46. The van der Waals surface area contributed by atoms with Crippen LogP contribution in [0.1, 0.15) is 6.42 Å². The van der Waals surface area contributed by atoms with Gasteiger partial charge < -0.3 is 26.6 Å². The fourth-order valence-corrected chi connectivity index (χ4v) is 4.67. The Morgan fingerprint density at radius 2 is 1.30 bits per heavy atom. The molecule has 7 heteroatoms. The zero-order valence-electron chi connectivity index (χ0n) is 21.3. The molecule has 3 aromatic carbocycles. The molecule has 2 heterocycles. The van der Waals surface area contributed by atoms with Crippen LogP contribution in [0.5, 0.6) is 0 Å². The van der Waals surface area contributed by atoms with Crippen molar-refractivity contribution >= 4 is 16.7 Å². The summed E-state index contributed by atoms with van der Waals surface area (Å²) in [5.74, 6) is 0. The molecule has 5 rings (SSSR count). The number of rotatable bonds is 5. The molecule has 1 unspecified atom stereocenters. The number of nitrogens with zero attached hydrogens (tertiary/aromatic N) is 2. The minimum atomic E-state index is 0.294. The predicted molar refractivity (Wildman–Crippen MR) is 154 cm³/mol. The molecule has 0 saturated carbocycles. The summed E-state index contributed by atoms with van der Waals surface area (Å²) in [4.78, 5) is 10.3. The Morgan fingerprint density at radius 1 is 0.649 bits per heavy atom. The molecule has 1 fully saturated rings. The molecular formula is C30H37N7. The van der Waals surface area contributed by atoms with E-state index in [0.717, 1.165) is 98.0 Å². The van der Waals surface area contributed by atoms with E-state index in [9.17, 15) is 0 Å². The summed E-state index contributed by atoms with van der Waals surface area (Å²) in [5, 5.41) is 18.0. The van der Waals surface area contributed by atoms with E-state index in [1.165, 1.54) is 0 Å². The maximum Gasteiger partial charge on any atom is 0.113 e. The summed E-state index contributed by atoms with van der Waals surface area (Å²) >= 11 is 0. The second kappa shape index (κ2) is 13.3. The lowest BCUT2D eigenvalue weighted by atomic mass is 10.0. The van der Waals surface area contributed by atoms with E-state index in [4.69, 9.17) is 9.97 Å². The number of hydrogen-bond acceptors (Lipinski definition) is 7. The molecule has 192 valence electrons. The van der Waals surface area contributed by atoms with E-state index >= 15 is 0 Å². The highest BCUT2D eigenvalue weighted by Gasteiger charge is 2.16. The summed E-state index contributed by atoms with van der Waals surface area (Å²) in [6.07, 6.45) is 1.16. The minimum absolute atomic E-state index is 0.294. The quantitative estimate of drug-likeness (QED) is 0.290. The van der Waals surface area contributed by atoms with Crippen molar-refractivity contribution in [3.63, 3.8) is 0 Å². The number of anilines is 1. The van der Waals surface area contributed by atoms with Gasteiger partial charge in [-0.15, -0.1) is 0 Å². The van der Waals surface area contributed by atoms with Gasteiger partial charge in [0.05, 0.1) is 22.6 Å². The van der Waals surface area contributed by atoms with Gasteiger partial charge in [0.15, 0.2) is 0 Å². The van der Waals surface area contributed by atoms with Crippen LogP contribution in [0.15, 0.2) is 78.9 Å². The molecule has 0 aliphatic carbocycles. The normalized spacial score (nSPS) is 17.9. The van der Waals surface area contributed by atoms with Crippen molar-refractivity contribution in [2.45, 2.75) is 12.5 Å². The van der Waals surface area contributed by atoms with Crippen LogP contribution in [0, 0.1) is 0 Å². The standard InChI is InChI=1S/C30H37N7/c1-3-9-23(10-4-1)28-29(24-11-5-2-6-12-24)37-30-26(13-7-14-27(30)36-28)35-22-25-21-33-18-17-31-15-8-16-32-19-20-34-25/h1-7,9-14,25,31-35H,8,15-22H2. The van der Waals surface area contributed by atoms with E-state index in [1.807, 2.05) is 30.3 Å². The number of nitrogens with one attached hydrogen (secondary N) is 5. The summed E-state index contributed by atoms with van der Waals surface area (Å²) < 4.78 is 0. The van der Waals surface area contributed by atoms with Crippen LogP contribution in [0.4, 0.5) is 5.69 Å². The number of para-hydroxylation sites is 1. The molecule has 1 aromatic heterocycles. The predicted octanol–water partition coefficient (Wildman–Crippen LogP) is 3.51. The van der Waals surface area contributed by atoms with Gasteiger partial charge in [-0.25, -0.2) is 9.97 Å². The average molecular weight is 496 g/mol. The van der Waals surface area contributed by atoms with Gasteiger partial charge >= 0.3 is 0 Å². The first-order valence-electron chi connectivity index (χ1n) is 13.4. The molecule has 5 N–H and O–H groups in total. The van der Waals surface area contributed by atoms with Gasteiger partial charge in [-0.2, -0.15) is 0 Å². The molecule has 0 amide bonds. The van der Waals surface area contributed by atoms with E-state index < -0.39 is 0 Å². The maximum absolute atomic E-state index is 5.20. The Labute approximate surface area is 219 Å². The average Bonchev–Trinajstić information content (AvgIpc) is 2.98. The summed E-state index contributed by atoms with van der Waals surface area (Å²) in [6, 6.07) is 27.2. The highest BCUT2D eigenvalue weighted by atomic mass is 15.1. The Hall–Kier alpha value is -3.36. The third-order valence-corrected chi connectivity index (χ3v) is 6.64. The molecule has 4 aromatic rings. The Balaban J connectivity index is 1.40. The number of aromatic nitrogens is 2. The van der Waals surface area contributed by atoms with Crippen molar-refractivity contribution in [3.05, 3.63) is 78.9 Å². The van der Waals surface area contributed by atoms with Gasteiger partial charge in [0.2, 0.25) is 0 Å².